The first-order valence-electron chi connectivity index (χ1n) is 7.64. The van der Waals surface area contributed by atoms with E-state index in [1.54, 1.807) is 35.8 Å². The number of carbonyl (C=O) groups excluding carboxylic acids is 1. The lowest BCUT2D eigenvalue weighted by atomic mass is 10.2. The van der Waals surface area contributed by atoms with E-state index >= 15 is 0 Å². The predicted octanol–water partition coefficient (Wildman–Crippen LogP) is 2.27. The van der Waals surface area contributed by atoms with Gasteiger partial charge in [-0.3, -0.25) is 9.36 Å². The van der Waals surface area contributed by atoms with Crippen LogP contribution in [0.15, 0.2) is 42.5 Å². The number of rotatable bonds is 2. The van der Waals surface area contributed by atoms with Gasteiger partial charge >= 0.3 is 0 Å². The molecule has 7 nitrogen and oxygen atoms in total. The zero-order chi connectivity index (χ0) is 17.7. The Morgan fingerprint density at radius 1 is 1.08 bits per heavy atom. The van der Waals surface area contributed by atoms with Crippen molar-refractivity contribution >= 4 is 33.9 Å². The van der Waals surface area contributed by atoms with Crippen LogP contribution in [-0.2, 0) is 0 Å². The third-order valence-corrected chi connectivity index (χ3v) is 4.26. The van der Waals surface area contributed by atoms with E-state index in [4.69, 9.17) is 11.5 Å². The molecular formula is C18H15N5O2. The summed E-state index contributed by atoms with van der Waals surface area (Å²) in [4.78, 5) is 21.1. The lowest BCUT2D eigenvalue weighted by molar-refractivity contribution is 0.100. The predicted molar refractivity (Wildman–Crippen MR) is 95.7 cm³/mol. The van der Waals surface area contributed by atoms with Crippen molar-refractivity contribution in [2.24, 2.45) is 5.73 Å². The zero-order valence-corrected chi connectivity index (χ0v) is 13.4. The van der Waals surface area contributed by atoms with Gasteiger partial charge < -0.3 is 16.6 Å². The SMILES string of the molecule is Cc1c(O)cccc1-n1c(N)c(C(N)=O)c2nc3ccccc3nc21. The molecule has 25 heavy (non-hydrogen) atoms. The van der Waals surface area contributed by atoms with Gasteiger partial charge in [0.25, 0.3) is 5.91 Å². The number of hydrogen-bond acceptors (Lipinski definition) is 5. The van der Waals surface area contributed by atoms with Gasteiger partial charge in [-0.15, -0.1) is 0 Å². The molecule has 0 fully saturated rings. The number of carbonyl (C=O) groups is 1. The van der Waals surface area contributed by atoms with Crippen LogP contribution in [0.5, 0.6) is 5.75 Å². The highest BCUT2D eigenvalue weighted by Gasteiger charge is 2.24. The number of primary amides is 1. The maximum absolute atomic E-state index is 12.0. The molecule has 7 heteroatoms. The number of nitrogens with zero attached hydrogens (tertiary/aromatic N) is 3. The van der Waals surface area contributed by atoms with Gasteiger partial charge in [0, 0.05) is 5.56 Å². The van der Waals surface area contributed by atoms with Crippen LogP contribution in [0.3, 0.4) is 0 Å². The molecule has 2 aromatic heterocycles. The standard InChI is InChI=1S/C18H15N5O2/c1-9-12(7-4-8-13(9)24)23-16(19)14(17(20)25)15-18(23)22-11-6-3-2-5-10(11)21-15/h2-8,24H,19H2,1H3,(H2,20,25). The summed E-state index contributed by atoms with van der Waals surface area (Å²) in [5.74, 6) is -0.414. The lowest BCUT2D eigenvalue weighted by Gasteiger charge is -2.11. The molecule has 4 aromatic rings. The Morgan fingerprint density at radius 3 is 2.44 bits per heavy atom. The molecule has 0 bridgehead atoms. The molecule has 0 saturated heterocycles. The Kier molecular flexibility index (Phi) is 3.11. The first-order valence-corrected chi connectivity index (χ1v) is 7.64. The van der Waals surface area contributed by atoms with Gasteiger partial charge in [-0.2, -0.15) is 0 Å². The number of benzene rings is 2. The van der Waals surface area contributed by atoms with Crippen molar-refractivity contribution in [1.29, 1.82) is 0 Å². The Balaban J connectivity index is 2.20. The van der Waals surface area contributed by atoms with Crippen LogP contribution in [0.25, 0.3) is 27.9 Å². The van der Waals surface area contributed by atoms with Crippen LogP contribution in [0.1, 0.15) is 15.9 Å². The van der Waals surface area contributed by atoms with Gasteiger partial charge in [0.2, 0.25) is 0 Å². The number of para-hydroxylation sites is 2. The summed E-state index contributed by atoms with van der Waals surface area (Å²) < 4.78 is 1.60. The summed E-state index contributed by atoms with van der Waals surface area (Å²) in [7, 11) is 0. The summed E-state index contributed by atoms with van der Waals surface area (Å²) in [6, 6.07) is 12.4. The molecule has 0 spiro atoms. The van der Waals surface area contributed by atoms with Crippen molar-refractivity contribution in [1.82, 2.24) is 14.5 Å². The summed E-state index contributed by atoms with van der Waals surface area (Å²) >= 11 is 0. The monoisotopic (exact) mass is 333 g/mol. The fraction of sp³-hybridized carbons (Fsp3) is 0.0556. The van der Waals surface area contributed by atoms with Crippen LogP contribution in [0.4, 0.5) is 5.82 Å². The highest BCUT2D eigenvalue weighted by molar-refractivity contribution is 6.10. The van der Waals surface area contributed by atoms with E-state index in [2.05, 4.69) is 9.97 Å². The number of aromatic nitrogens is 3. The quantitative estimate of drug-likeness (QED) is 0.520. The van der Waals surface area contributed by atoms with Crippen molar-refractivity contribution in [3.05, 3.63) is 53.6 Å². The van der Waals surface area contributed by atoms with Crippen LogP contribution >= 0.6 is 0 Å². The molecule has 0 aliphatic heterocycles. The second kappa shape index (κ2) is 5.20. The second-order valence-electron chi connectivity index (χ2n) is 5.77. The van der Waals surface area contributed by atoms with Gasteiger partial charge in [-0.25, -0.2) is 9.97 Å². The third kappa shape index (κ3) is 2.09. The van der Waals surface area contributed by atoms with E-state index in [0.29, 0.717) is 33.4 Å². The normalized spacial score (nSPS) is 11.2. The molecule has 1 amide bonds. The van der Waals surface area contributed by atoms with Crippen LogP contribution < -0.4 is 11.5 Å². The van der Waals surface area contributed by atoms with E-state index in [1.807, 2.05) is 18.2 Å². The first-order chi connectivity index (χ1) is 12.0. The molecule has 124 valence electrons. The van der Waals surface area contributed by atoms with Crippen molar-refractivity contribution in [2.45, 2.75) is 6.92 Å². The van der Waals surface area contributed by atoms with E-state index in [-0.39, 0.29) is 17.1 Å². The fourth-order valence-electron chi connectivity index (χ4n) is 3.00. The van der Waals surface area contributed by atoms with Crippen molar-refractivity contribution in [3.8, 4) is 11.4 Å². The summed E-state index contributed by atoms with van der Waals surface area (Å²) in [5.41, 5.74) is 15.2. The van der Waals surface area contributed by atoms with Crippen LogP contribution in [0, 0.1) is 6.92 Å². The van der Waals surface area contributed by atoms with Gasteiger partial charge in [0.05, 0.1) is 16.7 Å². The molecule has 0 unspecified atom stereocenters. The highest BCUT2D eigenvalue weighted by atomic mass is 16.3. The number of hydrogen-bond donors (Lipinski definition) is 3. The van der Waals surface area contributed by atoms with Gasteiger partial charge in [-0.05, 0) is 31.2 Å². The number of phenols is 1. The van der Waals surface area contributed by atoms with Crippen molar-refractivity contribution in [3.63, 3.8) is 0 Å². The lowest BCUT2D eigenvalue weighted by Crippen LogP contribution is -2.14. The van der Waals surface area contributed by atoms with E-state index < -0.39 is 5.91 Å². The van der Waals surface area contributed by atoms with Crippen molar-refractivity contribution in [2.75, 3.05) is 5.73 Å². The summed E-state index contributed by atoms with van der Waals surface area (Å²) in [6.07, 6.45) is 0. The smallest absolute Gasteiger partial charge is 0.254 e. The zero-order valence-electron chi connectivity index (χ0n) is 13.4. The highest BCUT2D eigenvalue weighted by Crippen LogP contribution is 2.33. The first kappa shape index (κ1) is 14.9. The van der Waals surface area contributed by atoms with E-state index in [9.17, 15) is 9.90 Å². The molecule has 0 saturated carbocycles. The molecule has 5 N–H and O–H groups in total. The number of amides is 1. The molecule has 4 rings (SSSR count). The molecular weight excluding hydrogens is 318 g/mol. The molecule has 0 radical (unpaired) electrons. The minimum Gasteiger partial charge on any atom is -0.508 e. The number of fused-ring (bicyclic) bond motifs is 2. The van der Waals surface area contributed by atoms with Crippen LogP contribution in [-0.4, -0.2) is 25.5 Å². The van der Waals surface area contributed by atoms with Crippen molar-refractivity contribution < 1.29 is 9.90 Å². The maximum Gasteiger partial charge on any atom is 0.254 e. The van der Waals surface area contributed by atoms with Crippen LogP contribution in [0.2, 0.25) is 0 Å². The minimum atomic E-state index is -0.677. The Hall–Kier alpha value is -3.61. The largest absolute Gasteiger partial charge is 0.508 e. The topological polar surface area (TPSA) is 120 Å². The Labute approximate surface area is 142 Å². The van der Waals surface area contributed by atoms with E-state index in [0.717, 1.165) is 0 Å². The second-order valence-corrected chi connectivity index (χ2v) is 5.77. The molecule has 0 aliphatic rings. The number of nitrogens with two attached hydrogens (primary N) is 2. The average Bonchev–Trinajstić information content (AvgIpc) is 2.86. The number of nitrogen functional groups attached to an aromatic ring is 1. The summed E-state index contributed by atoms with van der Waals surface area (Å²) in [5, 5.41) is 10.0. The number of anilines is 1. The number of aromatic hydroxyl groups is 1. The Bertz CT molecular complexity index is 1160. The fourth-order valence-corrected chi connectivity index (χ4v) is 3.00. The maximum atomic E-state index is 12.0. The van der Waals surface area contributed by atoms with Gasteiger partial charge in [-0.1, -0.05) is 18.2 Å². The minimum absolute atomic E-state index is 0.119. The third-order valence-electron chi connectivity index (χ3n) is 4.26. The molecule has 2 heterocycles. The van der Waals surface area contributed by atoms with Gasteiger partial charge in [0.1, 0.15) is 22.6 Å². The Morgan fingerprint density at radius 2 is 1.76 bits per heavy atom. The molecule has 0 aliphatic carbocycles. The van der Waals surface area contributed by atoms with E-state index in [1.165, 1.54) is 0 Å². The molecule has 0 atom stereocenters. The molecule has 2 aromatic carbocycles. The summed E-state index contributed by atoms with van der Waals surface area (Å²) in [6.45, 7) is 1.76. The van der Waals surface area contributed by atoms with Gasteiger partial charge in [0.15, 0.2) is 5.65 Å². The number of phenolic OH excluding ortho intramolecular Hbond substituents is 1. The average molecular weight is 333 g/mol.